The van der Waals surface area contributed by atoms with Gasteiger partial charge in [0, 0.05) is 23.2 Å². The summed E-state index contributed by atoms with van der Waals surface area (Å²) in [7, 11) is 0. The first-order valence-corrected chi connectivity index (χ1v) is 12.4. The van der Waals surface area contributed by atoms with Crippen LogP contribution < -0.4 is 5.73 Å². The van der Waals surface area contributed by atoms with Gasteiger partial charge in [-0.15, -0.1) is 21.5 Å². The maximum absolute atomic E-state index is 14.8. The number of amides is 1. The molecule has 2 aromatic carbocycles. The van der Waals surface area contributed by atoms with Gasteiger partial charge in [-0.05, 0) is 56.9 Å². The number of likely N-dealkylation sites (tertiary alicyclic amines) is 1. The summed E-state index contributed by atoms with van der Waals surface area (Å²) in [5.74, 6) is -0.530. The van der Waals surface area contributed by atoms with Gasteiger partial charge in [-0.25, -0.2) is 9.37 Å². The summed E-state index contributed by atoms with van der Waals surface area (Å²) < 4.78 is 20.6. The second-order valence-electron chi connectivity index (χ2n) is 9.17. The van der Waals surface area contributed by atoms with Gasteiger partial charge >= 0.3 is 0 Å². The lowest BCUT2D eigenvalue weighted by atomic mass is 9.94. The van der Waals surface area contributed by atoms with Crippen LogP contribution in [0.2, 0.25) is 0 Å². The molecule has 3 heterocycles. The van der Waals surface area contributed by atoms with Gasteiger partial charge in [0.25, 0.3) is 11.8 Å². The number of nitrogens with two attached hydrogens (primary N) is 1. The van der Waals surface area contributed by atoms with E-state index in [0.29, 0.717) is 18.5 Å². The van der Waals surface area contributed by atoms with Crippen molar-refractivity contribution in [2.45, 2.75) is 44.7 Å². The van der Waals surface area contributed by atoms with Crippen LogP contribution in [-0.4, -0.2) is 32.5 Å². The topological polar surface area (TPSA) is 98.1 Å². The Labute approximate surface area is 206 Å². The zero-order chi connectivity index (χ0) is 24.6. The molecule has 2 N–H and O–H groups in total. The van der Waals surface area contributed by atoms with Crippen LogP contribution in [0.1, 0.15) is 58.3 Å². The van der Waals surface area contributed by atoms with Gasteiger partial charge < -0.3 is 15.1 Å². The minimum absolute atomic E-state index is 0.00888. The van der Waals surface area contributed by atoms with E-state index in [1.165, 1.54) is 18.2 Å². The monoisotopic (exact) mass is 491 g/mol. The Morgan fingerprint density at radius 2 is 2.06 bits per heavy atom. The van der Waals surface area contributed by atoms with E-state index in [1.807, 2.05) is 47.5 Å². The normalized spacial score (nSPS) is 17.5. The second-order valence-corrected chi connectivity index (χ2v) is 10.1. The molecule has 5 rings (SSSR count). The third-order valence-corrected chi connectivity index (χ3v) is 7.27. The van der Waals surface area contributed by atoms with Crippen molar-refractivity contribution in [2.75, 3.05) is 6.54 Å². The SMILES string of the molecule is Cc1csc([C@H]2CCCN2C(=O)c2ccc(F)c(-c3nnc([C@](C)(N)Cc4ccccc4)o3)c2)n1. The summed E-state index contributed by atoms with van der Waals surface area (Å²) in [6, 6.07) is 13.9. The van der Waals surface area contributed by atoms with Crippen molar-refractivity contribution >= 4 is 17.2 Å². The average Bonchev–Trinajstić information content (AvgIpc) is 3.60. The zero-order valence-corrected chi connectivity index (χ0v) is 20.4. The van der Waals surface area contributed by atoms with Crippen molar-refractivity contribution in [2.24, 2.45) is 5.73 Å². The Morgan fingerprint density at radius 1 is 1.26 bits per heavy atom. The van der Waals surface area contributed by atoms with E-state index in [4.69, 9.17) is 10.2 Å². The number of benzene rings is 2. The molecule has 1 amide bonds. The molecule has 4 aromatic rings. The van der Waals surface area contributed by atoms with Gasteiger partial charge in [0.2, 0.25) is 5.89 Å². The first-order valence-electron chi connectivity index (χ1n) is 11.5. The van der Waals surface area contributed by atoms with Crippen molar-refractivity contribution < 1.29 is 13.6 Å². The number of thiazole rings is 1. The standard InChI is InChI=1S/C26H26FN5O2S/c1-16-15-35-23(29-16)21-9-6-12-32(21)24(33)18-10-11-20(27)19(13-18)22-30-31-25(34-22)26(2,28)14-17-7-4-3-5-8-17/h3-5,7-8,10-11,13,15,21H,6,9,12,14,28H2,1-2H3/t21-,26-/m1/s1. The number of halogens is 1. The van der Waals surface area contributed by atoms with E-state index >= 15 is 0 Å². The number of nitrogens with zero attached hydrogens (tertiary/aromatic N) is 4. The average molecular weight is 492 g/mol. The summed E-state index contributed by atoms with van der Waals surface area (Å²) in [4.78, 5) is 19.8. The molecule has 1 aliphatic rings. The molecule has 0 aliphatic carbocycles. The van der Waals surface area contributed by atoms with Crippen molar-refractivity contribution in [3.63, 3.8) is 0 Å². The van der Waals surface area contributed by atoms with Gasteiger partial charge in [-0.3, -0.25) is 4.79 Å². The summed E-state index contributed by atoms with van der Waals surface area (Å²) in [6.07, 6.45) is 2.23. The Balaban J connectivity index is 1.40. The van der Waals surface area contributed by atoms with Crippen LogP contribution in [0.3, 0.4) is 0 Å². The Bertz CT molecular complexity index is 1350. The minimum atomic E-state index is -0.939. The molecular formula is C26H26FN5O2S. The highest BCUT2D eigenvalue weighted by Gasteiger charge is 2.33. The summed E-state index contributed by atoms with van der Waals surface area (Å²) in [5, 5.41) is 11.1. The van der Waals surface area contributed by atoms with E-state index < -0.39 is 11.4 Å². The van der Waals surface area contributed by atoms with Crippen molar-refractivity contribution in [1.82, 2.24) is 20.1 Å². The van der Waals surface area contributed by atoms with Gasteiger partial charge in [-0.2, -0.15) is 0 Å². The van der Waals surface area contributed by atoms with E-state index in [-0.39, 0.29) is 29.3 Å². The van der Waals surface area contributed by atoms with Crippen molar-refractivity contribution in [1.29, 1.82) is 0 Å². The zero-order valence-electron chi connectivity index (χ0n) is 19.6. The van der Waals surface area contributed by atoms with Crippen LogP contribution in [0.4, 0.5) is 4.39 Å². The number of carbonyl (C=O) groups excluding carboxylic acids is 1. The predicted molar refractivity (Wildman–Crippen MR) is 131 cm³/mol. The fraction of sp³-hybridized carbons (Fsp3) is 0.308. The molecule has 0 saturated carbocycles. The quantitative estimate of drug-likeness (QED) is 0.406. The lowest BCUT2D eigenvalue weighted by Gasteiger charge is -2.23. The number of hydrogen-bond donors (Lipinski definition) is 1. The number of rotatable bonds is 6. The van der Waals surface area contributed by atoms with Crippen LogP contribution >= 0.6 is 11.3 Å². The molecule has 0 unspecified atom stereocenters. The molecule has 9 heteroatoms. The minimum Gasteiger partial charge on any atom is -0.419 e. The highest BCUT2D eigenvalue weighted by Crippen LogP contribution is 2.35. The number of carbonyl (C=O) groups is 1. The number of aryl methyl sites for hydroxylation is 1. The maximum Gasteiger partial charge on any atom is 0.254 e. The number of hydrogen-bond acceptors (Lipinski definition) is 7. The third-order valence-electron chi connectivity index (χ3n) is 6.21. The Kier molecular flexibility index (Phi) is 6.21. The summed E-state index contributed by atoms with van der Waals surface area (Å²) >= 11 is 1.56. The Morgan fingerprint density at radius 3 is 2.80 bits per heavy atom. The van der Waals surface area contributed by atoms with E-state index in [0.717, 1.165) is 29.1 Å². The van der Waals surface area contributed by atoms with Crippen molar-refractivity contribution in [3.8, 4) is 11.5 Å². The van der Waals surface area contributed by atoms with Crippen LogP contribution in [0.5, 0.6) is 0 Å². The summed E-state index contributed by atoms with van der Waals surface area (Å²) in [5.41, 5.74) is 7.94. The van der Waals surface area contributed by atoms with Crippen LogP contribution in [-0.2, 0) is 12.0 Å². The Hall–Kier alpha value is -3.43. The highest BCUT2D eigenvalue weighted by atomic mass is 32.1. The molecule has 2 aromatic heterocycles. The van der Waals surface area contributed by atoms with Crippen LogP contribution in [0, 0.1) is 12.7 Å². The van der Waals surface area contributed by atoms with Crippen molar-refractivity contribution in [3.05, 3.63) is 87.4 Å². The van der Waals surface area contributed by atoms with E-state index in [2.05, 4.69) is 15.2 Å². The lowest BCUT2D eigenvalue weighted by molar-refractivity contribution is 0.0735. The molecule has 1 fully saturated rings. The van der Waals surface area contributed by atoms with E-state index in [1.54, 1.807) is 18.3 Å². The lowest BCUT2D eigenvalue weighted by Crippen LogP contribution is -2.35. The van der Waals surface area contributed by atoms with Gasteiger partial charge in [0.1, 0.15) is 10.8 Å². The molecule has 7 nitrogen and oxygen atoms in total. The van der Waals surface area contributed by atoms with E-state index in [9.17, 15) is 9.18 Å². The molecule has 0 spiro atoms. The molecule has 180 valence electrons. The largest absolute Gasteiger partial charge is 0.419 e. The smallest absolute Gasteiger partial charge is 0.254 e. The summed E-state index contributed by atoms with van der Waals surface area (Å²) in [6.45, 7) is 4.37. The van der Waals surface area contributed by atoms with Crippen LogP contribution in [0.25, 0.3) is 11.5 Å². The molecule has 1 aliphatic heterocycles. The third kappa shape index (κ3) is 4.74. The first kappa shape index (κ1) is 23.3. The first-order chi connectivity index (χ1) is 16.8. The number of aromatic nitrogens is 3. The second kappa shape index (κ2) is 9.31. The molecular weight excluding hydrogens is 465 g/mol. The molecule has 2 atom stereocenters. The molecule has 1 saturated heterocycles. The molecule has 0 radical (unpaired) electrons. The van der Waals surface area contributed by atoms with Gasteiger partial charge in [0.15, 0.2) is 0 Å². The van der Waals surface area contributed by atoms with Gasteiger partial charge in [0.05, 0.1) is 17.1 Å². The molecule has 35 heavy (non-hydrogen) atoms. The molecule has 0 bridgehead atoms. The highest BCUT2D eigenvalue weighted by molar-refractivity contribution is 7.09. The fourth-order valence-corrected chi connectivity index (χ4v) is 5.38. The maximum atomic E-state index is 14.8. The predicted octanol–water partition coefficient (Wildman–Crippen LogP) is 5.03. The van der Waals surface area contributed by atoms with Gasteiger partial charge in [-0.1, -0.05) is 30.3 Å². The fourth-order valence-electron chi connectivity index (χ4n) is 4.44. The van der Waals surface area contributed by atoms with Crippen LogP contribution in [0.15, 0.2) is 58.3 Å².